The predicted octanol–water partition coefficient (Wildman–Crippen LogP) is 2.58. The lowest BCUT2D eigenvalue weighted by Gasteiger charge is -2.11. The molecule has 1 aromatic carbocycles. The van der Waals surface area contributed by atoms with Gasteiger partial charge in [-0.25, -0.2) is 4.39 Å². The van der Waals surface area contributed by atoms with Crippen LogP contribution < -0.4 is 15.4 Å². The van der Waals surface area contributed by atoms with Gasteiger partial charge in [0.2, 0.25) is 5.91 Å². The molecule has 6 heteroatoms. The van der Waals surface area contributed by atoms with E-state index in [9.17, 15) is 9.18 Å². The van der Waals surface area contributed by atoms with E-state index in [1.165, 1.54) is 18.2 Å². The number of anilines is 1. The molecule has 0 atom stereocenters. The molecule has 0 heterocycles. The molecule has 0 saturated heterocycles. The third-order valence-corrected chi connectivity index (χ3v) is 2.35. The van der Waals surface area contributed by atoms with Crippen molar-refractivity contribution in [2.45, 2.75) is 19.8 Å². The number of hydrogen-bond donors (Lipinski definition) is 2. The third kappa shape index (κ3) is 6.40. The highest BCUT2D eigenvalue weighted by molar-refractivity contribution is 5.92. The number of hydrogen-bond acceptors (Lipinski definition) is 3. The average molecular weight is 291 g/mol. The first-order valence-electron chi connectivity index (χ1n) is 6.04. The van der Waals surface area contributed by atoms with Gasteiger partial charge in [-0.05, 0) is 39.1 Å². The lowest BCUT2D eigenvalue weighted by Crippen LogP contribution is -2.15. The van der Waals surface area contributed by atoms with Gasteiger partial charge in [0.05, 0.1) is 12.3 Å². The SMILES string of the molecule is CCOc1cc(F)ccc1NC(=O)CCCNC.Cl. The number of amides is 1. The van der Waals surface area contributed by atoms with Gasteiger partial charge in [0.15, 0.2) is 0 Å². The average Bonchev–Trinajstić information content (AvgIpc) is 2.33. The van der Waals surface area contributed by atoms with Crippen LogP contribution in [0.4, 0.5) is 10.1 Å². The number of benzene rings is 1. The van der Waals surface area contributed by atoms with Crippen LogP contribution in [-0.4, -0.2) is 26.1 Å². The number of ether oxygens (including phenoxy) is 1. The van der Waals surface area contributed by atoms with Gasteiger partial charge in [0.25, 0.3) is 0 Å². The van der Waals surface area contributed by atoms with E-state index in [0.29, 0.717) is 24.5 Å². The summed E-state index contributed by atoms with van der Waals surface area (Å²) in [7, 11) is 1.84. The Morgan fingerprint density at radius 2 is 2.16 bits per heavy atom. The minimum absolute atomic E-state index is 0. The molecule has 0 fully saturated rings. The maximum atomic E-state index is 13.1. The van der Waals surface area contributed by atoms with Gasteiger partial charge in [-0.2, -0.15) is 0 Å². The number of halogens is 2. The van der Waals surface area contributed by atoms with Crippen molar-refractivity contribution in [2.24, 2.45) is 0 Å². The van der Waals surface area contributed by atoms with E-state index in [4.69, 9.17) is 4.74 Å². The Hall–Kier alpha value is -1.33. The fraction of sp³-hybridized carbons (Fsp3) is 0.462. The van der Waals surface area contributed by atoms with Crippen LogP contribution in [0.2, 0.25) is 0 Å². The summed E-state index contributed by atoms with van der Waals surface area (Å²) < 4.78 is 18.3. The van der Waals surface area contributed by atoms with E-state index in [2.05, 4.69) is 10.6 Å². The summed E-state index contributed by atoms with van der Waals surface area (Å²) in [5.74, 6) is -0.121. The predicted molar refractivity (Wildman–Crippen MR) is 76.6 cm³/mol. The summed E-state index contributed by atoms with van der Waals surface area (Å²) in [5, 5.41) is 5.69. The van der Waals surface area contributed by atoms with Crippen molar-refractivity contribution in [1.29, 1.82) is 0 Å². The smallest absolute Gasteiger partial charge is 0.224 e. The first-order valence-corrected chi connectivity index (χ1v) is 6.04. The van der Waals surface area contributed by atoms with E-state index < -0.39 is 0 Å². The molecule has 0 bridgehead atoms. The Morgan fingerprint density at radius 3 is 2.79 bits per heavy atom. The summed E-state index contributed by atoms with van der Waals surface area (Å²) in [6, 6.07) is 4.08. The molecule has 0 aromatic heterocycles. The molecule has 0 aliphatic rings. The van der Waals surface area contributed by atoms with Crippen molar-refractivity contribution >= 4 is 24.0 Å². The molecule has 1 aromatic rings. The molecule has 0 saturated carbocycles. The highest BCUT2D eigenvalue weighted by atomic mass is 35.5. The second-order valence-corrected chi connectivity index (χ2v) is 3.83. The van der Waals surface area contributed by atoms with E-state index >= 15 is 0 Å². The van der Waals surface area contributed by atoms with E-state index in [1.54, 1.807) is 0 Å². The molecule has 1 amide bonds. The van der Waals surface area contributed by atoms with Gasteiger partial charge in [-0.1, -0.05) is 0 Å². The molecule has 108 valence electrons. The number of carbonyl (C=O) groups excluding carboxylic acids is 1. The van der Waals surface area contributed by atoms with Gasteiger partial charge in [0, 0.05) is 12.5 Å². The Bertz CT molecular complexity index is 402. The highest BCUT2D eigenvalue weighted by Crippen LogP contribution is 2.25. The maximum Gasteiger partial charge on any atom is 0.224 e. The number of rotatable bonds is 7. The molecule has 0 aliphatic heterocycles. The van der Waals surface area contributed by atoms with Gasteiger partial charge < -0.3 is 15.4 Å². The Labute approximate surface area is 119 Å². The van der Waals surface area contributed by atoms with Crippen molar-refractivity contribution in [3.05, 3.63) is 24.0 Å². The second kappa shape index (κ2) is 9.58. The van der Waals surface area contributed by atoms with Crippen LogP contribution in [0.3, 0.4) is 0 Å². The van der Waals surface area contributed by atoms with Crippen LogP contribution >= 0.6 is 12.4 Å². The zero-order chi connectivity index (χ0) is 13.4. The summed E-state index contributed by atoms with van der Waals surface area (Å²) in [6.07, 6.45) is 1.18. The first kappa shape index (κ1) is 17.7. The van der Waals surface area contributed by atoms with Crippen molar-refractivity contribution in [3.8, 4) is 5.75 Å². The van der Waals surface area contributed by atoms with Crippen LogP contribution in [0.15, 0.2) is 18.2 Å². The zero-order valence-corrected chi connectivity index (χ0v) is 12.0. The van der Waals surface area contributed by atoms with Gasteiger partial charge in [0.1, 0.15) is 11.6 Å². The Kier molecular flexibility index (Phi) is 8.91. The van der Waals surface area contributed by atoms with E-state index in [1.807, 2.05) is 14.0 Å². The molecule has 2 N–H and O–H groups in total. The topological polar surface area (TPSA) is 50.4 Å². The number of nitrogens with one attached hydrogen (secondary N) is 2. The van der Waals surface area contributed by atoms with Crippen LogP contribution in [0.1, 0.15) is 19.8 Å². The zero-order valence-electron chi connectivity index (χ0n) is 11.2. The lowest BCUT2D eigenvalue weighted by molar-refractivity contribution is -0.116. The third-order valence-electron chi connectivity index (χ3n) is 2.35. The Morgan fingerprint density at radius 1 is 1.42 bits per heavy atom. The molecular formula is C13H20ClFN2O2. The highest BCUT2D eigenvalue weighted by Gasteiger charge is 2.08. The maximum absolute atomic E-state index is 13.1. The summed E-state index contributed by atoms with van der Waals surface area (Å²) in [4.78, 5) is 11.6. The first-order chi connectivity index (χ1) is 8.67. The summed E-state index contributed by atoms with van der Waals surface area (Å²) in [6.45, 7) is 3.02. The van der Waals surface area contributed by atoms with Crippen molar-refractivity contribution < 1.29 is 13.9 Å². The molecular weight excluding hydrogens is 271 g/mol. The molecule has 0 radical (unpaired) electrons. The van der Waals surface area contributed by atoms with Crippen molar-refractivity contribution in [2.75, 3.05) is 25.5 Å². The van der Waals surface area contributed by atoms with E-state index in [0.717, 1.165) is 13.0 Å². The van der Waals surface area contributed by atoms with Crippen molar-refractivity contribution in [3.63, 3.8) is 0 Å². The van der Waals surface area contributed by atoms with Crippen LogP contribution in [0.25, 0.3) is 0 Å². The molecule has 0 aliphatic carbocycles. The fourth-order valence-electron chi connectivity index (χ4n) is 1.51. The quantitative estimate of drug-likeness (QED) is 0.759. The minimum Gasteiger partial charge on any atom is -0.492 e. The molecule has 19 heavy (non-hydrogen) atoms. The normalized spacial score (nSPS) is 9.63. The monoisotopic (exact) mass is 290 g/mol. The van der Waals surface area contributed by atoms with Gasteiger partial charge in [-0.3, -0.25) is 4.79 Å². The van der Waals surface area contributed by atoms with Crippen LogP contribution in [-0.2, 0) is 4.79 Å². The molecule has 4 nitrogen and oxygen atoms in total. The summed E-state index contributed by atoms with van der Waals surface area (Å²) in [5.41, 5.74) is 0.507. The van der Waals surface area contributed by atoms with Crippen LogP contribution in [0.5, 0.6) is 5.75 Å². The molecule has 1 rings (SSSR count). The largest absolute Gasteiger partial charge is 0.492 e. The fourth-order valence-corrected chi connectivity index (χ4v) is 1.51. The van der Waals surface area contributed by atoms with Gasteiger partial charge >= 0.3 is 0 Å². The van der Waals surface area contributed by atoms with Crippen molar-refractivity contribution in [1.82, 2.24) is 5.32 Å². The molecule has 0 unspecified atom stereocenters. The second-order valence-electron chi connectivity index (χ2n) is 3.83. The minimum atomic E-state index is -0.383. The van der Waals surface area contributed by atoms with Gasteiger partial charge in [-0.15, -0.1) is 12.4 Å². The standard InChI is InChI=1S/C13H19FN2O2.ClH/c1-3-18-12-9-10(14)6-7-11(12)16-13(17)5-4-8-15-2;/h6-7,9,15H,3-5,8H2,1-2H3,(H,16,17);1H. The number of carbonyl (C=O) groups is 1. The molecule has 0 spiro atoms. The Balaban J connectivity index is 0.00000324. The lowest BCUT2D eigenvalue weighted by atomic mass is 10.2. The summed E-state index contributed by atoms with van der Waals surface area (Å²) >= 11 is 0. The van der Waals surface area contributed by atoms with E-state index in [-0.39, 0.29) is 24.1 Å². The van der Waals surface area contributed by atoms with Crippen LogP contribution in [0, 0.1) is 5.82 Å².